The Hall–Kier alpha value is -0.370. The van der Waals surface area contributed by atoms with Crippen molar-refractivity contribution < 1.29 is 9.90 Å². The minimum atomic E-state index is -0.0795. The predicted molar refractivity (Wildman–Crippen MR) is 87.3 cm³/mol. The molecular formula is C20H32O2. The van der Waals surface area contributed by atoms with Gasteiger partial charge in [0.2, 0.25) is 0 Å². The third kappa shape index (κ3) is 1.85. The van der Waals surface area contributed by atoms with Crippen LogP contribution in [0.25, 0.3) is 0 Å². The molecule has 0 bridgehead atoms. The number of aliphatic hydroxyl groups is 1. The molecule has 0 aromatic heterocycles. The molecule has 4 rings (SSSR count). The third-order valence-electron chi connectivity index (χ3n) is 8.79. The first-order valence-corrected chi connectivity index (χ1v) is 9.56. The second-order valence-electron chi connectivity index (χ2n) is 9.59. The molecule has 8 atom stereocenters. The van der Waals surface area contributed by atoms with Crippen LogP contribution in [0.5, 0.6) is 0 Å². The Morgan fingerprint density at radius 2 is 1.77 bits per heavy atom. The van der Waals surface area contributed by atoms with Gasteiger partial charge in [0.25, 0.3) is 0 Å². The molecule has 2 heteroatoms. The fourth-order valence-corrected chi connectivity index (χ4v) is 7.40. The molecule has 0 aromatic carbocycles. The van der Waals surface area contributed by atoms with Crippen molar-refractivity contribution in [2.24, 2.45) is 40.4 Å². The Morgan fingerprint density at radius 1 is 1.05 bits per heavy atom. The van der Waals surface area contributed by atoms with E-state index in [1.165, 1.54) is 25.7 Å². The summed E-state index contributed by atoms with van der Waals surface area (Å²) in [6.07, 6.45) is 8.65. The Labute approximate surface area is 135 Å². The monoisotopic (exact) mass is 304 g/mol. The van der Waals surface area contributed by atoms with Gasteiger partial charge in [-0.3, -0.25) is 4.79 Å². The molecule has 0 aliphatic heterocycles. The molecule has 22 heavy (non-hydrogen) atoms. The first kappa shape index (κ1) is 15.2. The van der Waals surface area contributed by atoms with Crippen molar-refractivity contribution in [3.05, 3.63) is 0 Å². The lowest BCUT2D eigenvalue weighted by Gasteiger charge is -2.62. The van der Waals surface area contributed by atoms with Crippen molar-refractivity contribution in [3.8, 4) is 0 Å². The zero-order valence-electron chi connectivity index (χ0n) is 14.5. The summed E-state index contributed by atoms with van der Waals surface area (Å²) in [5.74, 6) is 4.14. The molecule has 124 valence electrons. The fourth-order valence-electron chi connectivity index (χ4n) is 7.40. The molecule has 0 saturated heterocycles. The lowest BCUT2D eigenvalue weighted by atomic mass is 9.43. The first-order chi connectivity index (χ1) is 10.4. The van der Waals surface area contributed by atoms with Crippen molar-refractivity contribution in [1.29, 1.82) is 0 Å². The van der Waals surface area contributed by atoms with Gasteiger partial charge in [-0.25, -0.2) is 0 Å². The van der Waals surface area contributed by atoms with E-state index < -0.39 is 0 Å². The molecule has 0 amide bonds. The number of carbonyl (C=O) groups is 1. The second kappa shape index (κ2) is 4.82. The minimum absolute atomic E-state index is 0.0795. The average Bonchev–Trinajstić information content (AvgIpc) is 2.77. The van der Waals surface area contributed by atoms with Gasteiger partial charge < -0.3 is 5.11 Å². The van der Waals surface area contributed by atoms with Crippen molar-refractivity contribution in [1.82, 2.24) is 0 Å². The standard InChI is InChI=1S/C20H32O2/c1-12-10-13-11-14(21)6-8-19(13,2)16-7-9-20(3)15(18(12)16)4-5-17(20)22/h12-13,15-18,22H,4-11H2,1-3H3/t12-,13?,15?,16?,17?,18?,19?,20?/m1/s1. The van der Waals surface area contributed by atoms with Crippen LogP contribution >= 0.6 is 0 Å². The van der Waals surface area contributed by atoms with E-state index >= 15 is 0 Å². The van der Waals surface area contributed by atoms with Gasteiger partial charge in [0.15, 0.2) is 0 Å². The van der Waals surface area contributed by atoms with Crippen LogP contribution in [0.4, 0.5) is 0 Å². The van der Waals surface area contributed by atoms with E-state index in [4.69, 9.17) is 0 Å². The van der Waals surface area contributed by atoms with Gasteiger partial charge in [-0.15, -0.1) is 0 Å². The van der Waals surface area contributed by atoms with E-state index in [1.54, 1.807) is 0 Å². The minimum Gasteiger partial charge on any atom is -0.393 e. The summed E-state index contributed by atoms with van der Waals surface area (Å²) in [6, 6.07) is 0. The third-order valence-corrected chi connectivity index (χ3v) is 8.79. The van der Waals surface area contributed by atoms with Gasteiger partial charge in [0, 0.05) is 12.8 Å². The van der Waals surface area contributed by atoms with Gasteiger partial charge >= 0.3 is 0 Å². The quantitative estimate of drug-likeness (QED) is 0.728. The Morgan fingerprint density at radius 3 is 2.55 bits per heavy atom. The zero-order valence-corrected chi connectivity index (χ0v) is 14.5. The van der Waals surface area contributed by atoms with E-state index in [0.717, 1.165) is 43.4 Å². The van der Waals surface area contributed by atoms with E-state index in [2.05, 4.69) is 20.8 Å². The maximum absolute atomic E-state index is 12.0. The summed E-state index contributed by atoms with van der Waals surface area (Å²) in [5.41, 5.74) is 0.559. The molecular weight excluding hydrogens is 272 g/mol. The topological polar surface area (TPSA) is 37.3 Å². The molecule has 2 nitrogen and oxygen atoms in total. The van der Waals surface area contributed by atoms with Crippen LogP contribution in [-0.4, -0.2) is 17.0 Å². The van der Waals surface area contributed by atoms with Crippen molar-refractivity contribution in [2.75, 3.05) is 0 Å². The summed E-state index contributed by atoms with van der Waals surface area (Å²) < 4.78 is 0. The Kier molecular flexibility index (Phi) is 3.32. The molecule has 4 fully saturated rings. The number of hydrogen-bond donors (Lipinski definition) is 1. The summed E-state index contributed by atoms with van der Waals surface area (Å²) in [4.78, 5) is 12.0. The maximum atomic E-state index is 12.0. The number of aliphatic hydroxyl groups excluding tert-OH is 1. The number of carbonyl (C=O) groups excluding carboxylic acids is 1. The molecule has 7 unspecified atom stereocenters. The highest BCUT2D eigenvalue weighted by atomic mass is 16.3. The van der Waals surface area contributed by atoms with Crippen molar-refractivity contribution in [2.45, 2.75) is 78.2 Å². The molecule has 4 aliphatic carbocycles. The van der Waals surface area contributed by atoms with Crippen LogP contribution in [0, 0.1) is 40.4 Å². The fraction of sp³-hybridized carbons (Fsp3) is 0.950. The number of Topliss-reactive ketones (excluding diaryl/α,β-unsaturated/α-hetero) is 1. The molecule has 0 spiro atoms. The molecule has 0 aromatic rings. The highest BCUT2D eigenvalue weighted by Crippen LogP contribution is 2.67. The normalized spacial score (nSPS) is 57.9. The second-order valence-corrected chi connectivity index (χ2v) is 9.59. The first-order valence-electron chi connectivity index (χ1n) is 9.56. The van der Waals surface area contributed by atoms with Crippen LogP contribution in [-0.2, 0) is 4.79 Å². The highest BCUT2D eigenvalue weighted by molar-refractivity contribution is 5.79. The van der Waals surface area contributed by atoms with E-state index in [-0.39, 0.29) is 11.5 Å². The van der Waals surface area contributed by atoms with Gasteiger partial charge in [0.1, 0.15) is 5.78 Å². The summed E-state index contributed by atoms with van der Waals surface area (Å²) >= 11 is 0. The van der Waals surface area contributed by atoms with Crippen LogP contribution in [0.2, 0.25) is 0 Å². The number of rotatable bonds is 0. The summed E-state index contributed by atoms with van der Waals surface area (Å²) in [5, 5.41) is 10.5. The Balaban J connectivity index is 1.68. The smallest absolute Gasteiger partial charge is 0.133 e. The number of fused-ring (bicyclic) bond motifs is 5. The van der Waals surface area contributed by atoms with Crippen molar-refractivity contribution in [3.63, 3.8) is 0 Å². The number of ketones is 1. The number of hydrogen-bond acceptors (Lipinski definition) is 2. The maximum Gasteiger partial charge on any atom is 0.133 e. The van der Waals surface area contributed by atoms with Gasteiger partial charge in [0.05, 0.1) is 6.10 Å². The van der Waals surface area contributed by atoms with Gasteiger partial charge in [-0.1, -0.05) is 20.8 Å². The van der Waals surface area contributed by atoms with Crippen LogP contribution in [0.15, 0.2) is 0 Å². The zero-order chi connectivity index (χ0) is 15.7. The van der Waals surface area contributed by atoms with E-state index in [9.17, 15) is 9.90 Å². The van der Waals surface area contributed by atoms with E-state index in [1.807, 2.05) is 0 Å². The SMILES string of the molecule is C[C@@H]1CC2CC(=O)CCC2(C)C2CCC3(C)C(O)CCC3C21. The lowest BCUT2D eigenvalue weighted by molar-refractivity contribution is -0.153. The highest BCUT2D eigenvalue weighted by Gasteiger charge is 2.61. The Bertz CT molecular complexity index is 486. The van der Waals surface area contributed by atoms with Crippen LogP contribution in [0.3, 0.4) is 0 Å². The predicted octanol–water partition coefficient (Wildman–Crippen LogP) is 4.21. The molecule has 4 saturated carbocycles. The van der Waals surface area contributed by atoms with Crippen LogP contribution in [0.1, 0.15) is 72.1 Å². The average molecular weight is 304 g/mol. The van der Waals surface area contributed by atoms with Gasteiger partial charge in [-0.2, -0.15) is 0 Å². The van der Waals surface area contributed by atoms with E-state index in [0.29, 0.717) is 23.0 Å². The molecule has 0 radical (unpaired) electrons. The molecule has 1 N–H and O–H groups in total. The summed E-state index contributed by atoms with van der Waals surface area (Å²) in [7, 11) is 0. The largest absolute Gasteiger partial charge is 0.393 e. The molecule has 4 aliphatic rings. The van der Waals surface area contributed by atoms with Crippen LogP contribution < -0.4 is 0 Å². The lowest BCUT2D eigenvalue weighted by Crippen LogP contribution is -2.56. The van der Waals surface area contributed by atoms with Crippen molar-refractivity contribution >= 4 is 5.78 Å². The molecule has 0 heterocycles. The summed E-state index contributed by atoms with van der Waals surface area (Å²) in [6.45, 7) is 7.30. The van der Waals surface area contributed by atoms with Gasteiger partial charge in [-0.05, 0) is 78.9 Å².